The lowest BCUT2D eigenvalue weighted by molar-refractivity contribution is -0.136. The molecule has 0 bridgehead atoms. The number of carbonyl (C=O) groups excluding carboxylic acids is 2. The molecule has 9 nitrogen and oxygen atoms in total. The summed E-state index contributed by atoms with van der Waals surface area (Å²) in [5.41, 5.74) is 1.52. The quantitative estimate of drug-likeness (QED) is 0.425. The van der Waals surface area contributed by atoms with Gasteiger partial charge in [-0.3, -0.25) is 4.99 Å². The van der Waals surface area contributed by atoms with E-state index >= 15 is 0 Å². The van der Waals surface area contributed by atoms with Gasteiger partial charge < -0.3 is 19.7 Å². The number of rotatable bonds is 6. The first-order chi connectivity index (χ1) is 18.4. The smallest absolute Gasteiger partial charge is 0.349 e. The summed E-state index contributed by atoms with van der Waals surface area (Å²) >= 11 is 9.14. The maximum absolute atomic E-state index is 13.9. The van der Waals surface area contributed by atoms with Gasteiger partial charge in [-0.25, -0.2) is 23.9 Å². The minimum Gasteiger partial charge on any atom is -0.466 e. The van der Waals surface area contributed by atoms with Gasteiger partial charge in [-0.1, -0.05) is 29.0 Å². The lowest BCUT2D eigenvalue weighted by Gasteiger charge is -2.36. The molecule has 2 aromatic heterocycles. The molecule has 0 spiro atoms. The Bertz CT molecular complexity index is 1420. The fourth-order valence-corrected chi connectivity index (χ4v) is 6.33. The highest BCUT2D eigenvalue weighted by molar-refractivity contribution is 7.17. The van der Waals surface area contributed by atoms with Crippen molar-refractivity contribution < 1.29 is 23.5 Å². The van der Waals surface area contributed by atoms with Gasteiger partial charge in [0, 0.05) is 46.9 Å². The van der Waals surface area contributed by atoms with E-state index in [-0.39, 0.29) is 10.9 Å². The molecule has 3 aromatic rings. The first kappa shape index (κ1) is 26.3. The Morgan fingerprint density at radius 3 is 2.58 bits per heavy atom. The van der Waals surface area contributed by atoms with E-state index in [4.69, 9.17) is 26.1 Å². The van der Waals surface area contributed by atoms with Crippen LogP contribution in [0.15, 0.2) is 52.2 Å². The Labute approximate surface area is 231 Å². The molecule has 38 heavy (non-hydrogen) atoms. The van der Waals surface area contributed by atoms with E-state index in [2.05, 4.69) is 20.2 Å². The number of halogens is 2. The molecule has 198 valence electrons. The number of anilines is 1. The number of benzene rings is 1. The highest BCUT2D eigenvalue weighted by Gasteiger charge is 2.37. The summed E-state index contributed by atoms with van der Waals surface area (Å²) < 4.78 is 23.8. The molecule has 0 saturated carbocycles. The van der Waals surface area contributed by atoms with Crippen LogP contribution in [0.2, 0.25) is 5.02 Å². The molecule has 4 heterocycles. The molecule has 2 aliphatic heterocycles. The van der Waals surface area contributed by atoms with Crippen molar-refractivity contribution in [2.24, 2.45) is 10.9 Å². The van der Waals surface area contributed by atoms with E-state index in [1.807, 2.05) is 5.38 Å². The summed E-state index contributed by atoms with van der Waals surface area (Å²) in [5.74, 6) is -0.955. The molecule has 0 aliphatic carbocycles. The zero-order valence-electron chi connectivity index (χ0n) is 20.4. The van der Waals surface area contributed by atoms with Gasteiger partial charge in [0.05, 0.1) is 26.0 Å². The SMILES string of the molecule is COC(=O)C1=C(C2CCN(c3ncc(C(=O)OC)s3)CC2)NC(c2nccs2)=NC1c1ccc(F)cc1Cl. The van der Waals surface area contributed by atoms with E-state index in [9.17, 15) is 14.0 Å². The second-order valence-electron chi connectivity index (χ2n) is 8.59. The van der Waals surface area contributed by atoms with Gasteiger partial charge in [0.2, 0.25) is 0 Å². The summed E-state index contributed by atoms with van der Waals surface area (Å²) in [6.07, 6.45) is 4.60. The van der Waals surface area contributed by atoms with Gasteiger partial charge in [0.25, 0.3) is 0 Å². The number of aromatic nitrogens is 2. The van der Waals surface area contributed by atoms with Crippen LogP contribution in [0, 0.1) is 11.7 Å². The van der Waals surface area contributed by atoms with E-state index in [1.54, 1.807) is 12.3 Å². The predicted molar refractivity (Wildman–Crippen MR) is 143 cm³/mol. The molecule has 0 radical (unpaired) electrons. The molecule has 13 heteroatoms. The fourth-order valence-electron chi connectivity index (χ4n) is 4.58. The van der Waals surface area contributed by atoms with Gasteiger partial charge in [-0.2, -0.15) is 0 Å². The summed E-state index contributed by atoms with van der Waals surface area (Å²) in [4.78, 5) is 41.1. The highest BCUT2D eigenvalue weighted by Crippen LogP contribution is 2.40. The second kappa shape index (κ2) is 11.2. The van der Waals surface area contributed by atoms with Crippen molar-refractivity contribution in [3.8, 4) is 0 Å². The van der Waals surface area contributed by atoms with Crippen LogP contribution in [0.3, 0.4) is 0 Å². The maximum Gasteiger partial charge on any atom is 0.349 e. The van der Waals surface area contributed by atoms with Crippen LogP contribution >= 0.6 is 34.3 Å². The maximum atomic E-state index is 13.9. The summed E-state index contributed by atoms with van der Waals surface area (Å²) in [6.45, 7) is 1.31. The van der Waals surface area contributed by atoms with Crippen LogP contribution in [-0.2, 0) is 14.3 Å². The van der Waals surface area contributed by atoms with E-state index in [0.717, 1.165) is 5.13 Å². The summed E-state index contributed by atoms with van der Waals surface area (Å²) in [5, 5.41) is 6.77. The largest absolute Gasteiger partial charge is 0.466 e. The minimum atomic E-state index is -0.801. The van der Waals surface area contributed by atoms with Crippen LogP contribution in [0.5, 0.6) is 0 Å². The lowest BCUT2D eigenvalue weighted by Crippen LogP contribution is -2.41. The molecule has 1 saturated heterocycles. The topological polar surface area (TPSA) is 106 Å². The number of allylic oxidation sites excluding steroid dienone is 1. The highest BCUT2D eigenvalue weighted by atomic mass is 35.5. The fraction of sp³-hybridized carbons (Fsp3) is 0.320. The number of methoxy groups -OCH3 is 2. The number of ether oxygens (including phenoxy) is 2. The minimum absolute atomic E-state index is 0.0347. The molecule has 1 atom stereocenters. The number of thiazole rings is 2. The number of aliphatic imine (C=N–C) groups is 1. The first-order valence-electron chi connectivity index (χ1n) is 11.7. The van der Waals surface area contributed by atoms with Gasteiger partial charge in [-0.15, -0.1) is 11.3 Å². The number of nitrogens with one attached hydrogen (secondary N) is 1. The Hall–Kier alpha value is -3.35. The zero-order chi connectivity index (χ0) is 26.8. The van der Waals surface area contributed by atoms with Crippen molar-refractivity contribution in [3.05, 3.63) is 73.5 Å². The third-order valence-electron chi connectivity index (χ3n) is 6.43. The summed E-state index contributed by atoms with van der Waals surface area (Å²) in [6, 6.07) is 3.25. The number of carbonyl (C=O) groups is 2. The number of amidine groups is 1. The number of hydrogen-bond acceptors (Lipinski definition) is 11. The Balaban J connectivity index is 1.49. The lowest BCUT2D eigenvalue weighted by atomic mass is 9.86. The van der Waals surface area contributed by atoms with Gasteiger partial charge in [-0.05, 0) is 25.0 Å². The second-order valence-corrected chi connectivity index (χ2v) is 10.9. The zero-order valence-corrected chi connectivity index (χ0v) is 22.8. The molecule has 1 fully saturated rings. The van der Waals surface area contributed by atoms with Crippen molar-refractivity contribution in [2.75, 3.05) is 32.2 Å². The van der Waals surface area contributed by atoms with Gasteiger partial charge in [0.15, 0.2) is 16.0 Å². The molecule has 1 N–H and O–H groups in total. The van der Waals surface area contributed by atoms with Crippen LogP contribution in [0.25, 0.3) is 0 Å². The standard InChI is InChI=1S/C25H23ClFN5O4S2/c1-35-23(33)17-12-29-25(38-17)32-8-5-13(6-9-32)19-18(24(34)36-2)20(15-4-3-14(27)11-16(15)26)31-21(30-19)22-28-7-10-37-22/h3-4,7,10-13,20H,5-6,8-9H2,1-2H3,(H,30,31). The molecule has 2 aliphatic rings. The molecular formula is C25H23ClFN5O4S2. The normalized spacial score (nSPS) is 18.2. The number of nitrogens with zero attached hydrogens (tertiary/aromatic N) is 4. The Morgan fingerprint density at radius 2 is 1.92 bits per heavy atom. The Morgan fingerprint density at radius 1 is 1.16 bits per heavy atom. The van der Waals surface area contributed by atoms with Crippen molar-refractivity contribution in [2.45, 2.75) is 18.9 Å². The van der Waals surface area contributed by atoms with Crippen molar-refractivity contribution in [3.63, 3.8) is 0 Å². The first-order valence-corrected chi connectivity index (χ1v) is 13.8. The third-order valence-corrected chi connectivity index (χ3v) is 8.57. The number of hydrogen-bond donors (Lipinski definition) is 1. The molecule has 1 aromatic carbocycles. The molecular weight excluding hydrogens is 553 g/mol. The van der Waals surface area contributed by atoms with Crippen molar-refractivity contribution >= 4 is 57.2 Å². The van der Waals surface area contributed by atoms with Crippen LogP contribution < -0.4 is 10.2 Å². The molecule has 1 unspecified atom stereocenters. The van der Waals surface area contributed by atoms with E-state index in [1.165, 1.54) is 55.2 Å². The van der Waals surface area contributed by atoms with E-state index in [0.29, 0.717) is 58.5 Å². The van der Waals surface area contributed by atoms with Gasteiger partial charge in [0.1, 0.15) is 16.7 Å². The van der Waals surface area contributed by atoms with Crippen LogP contribution in [0.1, 0.15) is 39.1 Å². The average Bonchev–Trinajstić information content (AvgIpc) is 3.65. The average molecular weight is 576 g/mol. The molecule has 0 amide bonds. The predicted octanol–water partition coefficient (Wildman–Crippen LogP) is 4.61. The number of piperidine rings is 1. The van der Waals surface area contributed by atoms with Crippen molar-refractivity contribution in [1.29, 1.82) is 0 Å². The monoisotopic (exact) mass is 575 g/mol. The third kappa shape index (κ3) is 5.16. The van der Waals surface area contributed by atoms with Crippen LogP contribution in [-0.4, -0.2) is 55.1 Å². The van der Waals surface area contributed by atoms with E-state index < -0.39 is 23.8 Å². The van der Waals surface area contributed by atoms with Crippen LogP contribution in [0.4, 0.5) is 9.52 Å². The number of esters is 2. The van der Waals surface area contributed by atoms with Gasteiger partial charge >= 0.3 is 11.9 Å². The van der Waals surface area contributed by atoms with Crippen molar-refractivity contribution in [1.82, 2.24) is 15.3 Å². The summed E-state index contributed by atoms with van der Waals surface area (Å²) in [7, 11) is 2.66. The Kier molecular flexibility index (Phi) is 7.73. The molecule has 5 rings (SSSR count).